The molecule has 5 heteroatoms. The standard InChI is InChI=1S/C10H17N3O2/c1-6-8(7(2)15-13-6)11-9(14)12-10(3,4)5/h1-5H3,(H2,11,12,14). The van der Waals surface area contributed by atoms with Gasteiger partial charge in [0.15, 0.2) is 5.76 Å². The van der Waals surface area contributed by atoms with Gasteiger partial charge >= 0.3 is 6.03 Å². The number of nitrogens with one attached hydrogen (secondary N) is 2. The van der Waals surface area contributed by atoms with E-state index in [2.05, 4.69) is 15.8 Å². The van der Waals surface area contributed by atoms with Crippen LogP contribution in [-0.2, 0) is 0 Å². The Morgan fingerprint density at radius 2 is 1.93 bits per heavy atom. The molecule has 0 radical (unpaired) electrons. The summed E-state index contributed by atoms with van der Waals surface area (Å²) in [6.07, 6.45) is 0. The van der Waals surface area contributed by atoms with Crippen molar-refractivity contribution in [2.45, 2.75) is 40.2 Å². The first-order valence-electron chi connectivity index (χ1n) is 4.81. The molecule has 0 atom stereocenters. The summed E-state index contributed by atoms with van der Waals surface area (Å²) in [6.45, 7) is 9.29. The second-order valence-electron chi connectivity index (χ2n) is 4.53. The molecule has 0 aliphatic heterocycles. The summed E-state index contributed by atoms with van der Waals surface area (Å²) in [4.78, 5) is 11.5. The summed E-state index contributed by atoms with van der Waals surface area (Å²) in [7, 11) is 0. The lowest BCUT2D eigenvalue weighted by molar-refractivity contribution is 0.243. The van der Waals surface area contributed by atoms with Crippen LogP contribution in [0.15, 0.2) is 4.52 Å². The number of hydrogen-bond acceptors (Lipinski definition) is 3. The summed E-state index contributed by atoms with van der Waals surface area (Å²) in [5.74, 6) is 0.608. The molecule has 0 saturated carbocycles. The zero-order valence-corrected chi connectivity index (χ0v) is 9.76. The molecule has 2 amide bonds. The maximum absolute atomic E-state index is 11.5. The van der Waals surface area contributed by atoms with Crippen LogP contribution >= 0.6 is 0 Å². The molecule has 0 spiro atoms. The van der Waals surface area contributed by atoms with Gasteiger partial charge in [-0.25, -0.2) is 4.79 Å². The number of rotatable bonds is 1. The molecule has 5 nitrogen and oxygen atoms in total. The van der Waals surface area contributed by atoms with Crippen molar-refractivity contribution in [2.24, 2.45) is 0 Å². The Hall–Kier alpha value is -1.52. The molecule has 0 aliphatic carbocycles. The molecule has 15 heavy (non-hydrogen) atoms. The third-order valence-electron chi connectivity index (χ3n) is 1.76. The topological polar surface area (TPSA) is 67.2 Å². The van der Waals surface area contributed by atoms with Gasteiger partial charge in [-0.1, -0.05) is 5.16 Å². The van der Waals surface area contributed by atoms with Gasteiger partial charge in [-0.2, -0.15) is 0 Å². The van der Waals surface area contributed by atoms with E-state index in [1.807, 2.05) is 20.8 Å². The fourth-order valence-electron chi connectivity index (χ4n) is 1.15. The zero-order valence-electron chi connectivity index (χ0n) is 9.76. The van der Waals surface area contributed by atoms with Crippen molar-refractivity contribution >= 4 is 11.7 Å². The Bertz CT molecular complexity index is 344. The molecule has 0 saturated heterocycles. The predicted octanol–water partition coefficient (Wildman–Crippen LogP) is 2.21. The summed E-state index contributed by atoms with van der Waals surface area (Å²) in [5.41, 5.74) is 1.05. The highest BCUT2D eigenvalue weighted by atomic mass is 16.5. The highest BCUT2D eigenvalue weighted by Gasteiger charge is 2.16. The monoisotopic (exact) mass is 211 g/mol. The van der Waals surface area contributed by atoms with Crippen LogP contribution in [0.2, 0.25) is 0 Å². The second-order valence-corrected chi connectivity index (χ2v) is 4.53. The number of carbonyl (C=O) groups excluding carboxylic acids is 1. The van der Waals surface area contributed by atoms with Crippen molar-refractivity contribution in [2.75, 3.05) is 5.32 Å². The van der Waals surface area contributed by atoms with E-state index in [0.29, 0.717) is 17.1 Å². The minimum absolute atomic E-state index is 0.253. The van der Waals surface area contributed by atoms with E-state index in [-0.39, 0.29) is 11.6 Å². The maximum Gasteiger partial charge on any atom is 0.319 e. The SMILES string of the molecule is Cc1noc(C)c1NC(=O)NC(C)(C)C. The van der Waals surface area contributed by atoms with Crippen molar-refractivity contribution in [3.63, 3.8) is 0 Å². The van der Waals surface area contributed by atoms with E-state index < -0.39 is 0 Å². The fourth-order valence-corrected chi connectivity index (χ4v) is 1.15. The van der Waals surface area contributed by atoms with Crippen LogP contribution in [0.5, 0.6) is 0 Å². The van der Waals surface area contributed by atoms with Gasteiger partial charge in [-0.15, -0.1) is 0 Å². The van der Waals surface area contributed by atoms with Crippen LogP contribution in [0.3, 0.4) is 0 Å². The van der Waals surface area contributed by atoms with Crippen LogP contribution in [-0.4, -0.2) is 16.7 Å². The number of nitrogens with zero attached hydrogens (tertiary/aromatic N) is 1. The molecule has 1 rings (SSSR count). The predicted molar refractivity (Wildman–Crippen MR) is 57.9 cm³/mol. The minimum Gasteiger partial charge on any atom is -0.359 e. The molecule has 0 aliphatic rings. The fraction of sp³-hybridized carbons (Fsp3) is 0.600. The highest BCUT2D eigenvalue weighted by Crippen LogP contribution is 2.18. The van der Waals surface area contributed by atoms with Crippen molar-refractivity contribution in [1.29, 1.82) is 0 Å². The first-order valence-corrected chi connectivity index (χ1v) is 4.81. The van der Waals surface area contributed by atoms with Gasteiger partial charge in [0.1, 0.15) is 11.4 Å². The number of urea groups is 1. The Balaban J connectivity index is 2.67. The smallest absolute Gasteiger partial charge is 0.319 e. The lowest BCUT2D eigenvalue weighted by Crippen LogP contribution is -2.43. The van der Waals surface area contributed by atoms with Gasteiger partial charge < -0.3 is 15.2 Å². The van der Waals surface area contributed by atoms with Gasteiger partial charge in [0.25, 0.3) is 0 Å². The maximum atomic E-state index is 11.5. The van der Waals surface area contributed by atoms with Gasteiger partial charge in [0, 0.05) is 5.54 Å². The summed E-state index contributed by atoms with van der Waals surface area (Å²) in [6, 6.07) is -0.253. The molecule has 0 fully saturated rings. The van der Waals surface area contributed by atoms with Crippen molar-refractivity contribution in [3.05, 3.63) is 11.5 Å². The minimum atomic E-state index is -0.261. The largest absolute Gasteiger partial charge is 0.359 e. The molecule has 1 aromatic heterocycles. The lowest BCUT2D eigenvalue weighted by Gasteiger charge is -2.20. The molecule has 2 N–H and O–H groups in total. The van der Waals surface area contributed by atoms with Gasteiger partial charge in [0.2, 0.25) is 0 Å². The van der Waals surface area contributed by atoms with E-state index in [1.54, 1.807) is 13.8 Å². The van der Waals surface area contributed by atoms with Crippen LogP contribution in [0.25, 0.3) is 0 Å². The van der Waals surface area contributed by atoms with Crippen LogP contribution in [0.1, 0.15) is 32.2 Å². The molecule has 0 bridgehead atoms. The number of aryl methyl sites for hydroxylation is 2. The normalized spacial score (nSPS) is 11.3. The lowest BCUT2D eigenvalue weighted by atomic mass is 10.1. The first-order chi connectivity index (χ1) is 6.79. The average Bonchev–Trinajstić information content (AvgIpc) is 2.32. The number of hydrogen-bond donors (Lipinski definition) is 2. The number of carbonyl (C=O) groups is 1. The van der Waals surface area contributed by atoms with E-state index in [9.17, 15) is 4.79 Å². The van der Waals surface area contributed by atoms with Crippen LogP contribution < -0.4 is 10.6 Å². The average molecular weight is 211 g/mol. The van der Waals surface area contributed by atoms with Crippen molar-refractivity contribution in [3.8, 4) is 0 Å². The molecule has 0 aromatic carbocycles. The molecule has 84 valence electrons. The van der Waals surface area contributed by atoms with E-state index >= 15 is 0 Å². The van der Waals surface area contributed by atoms with E-state index in [4.69, 9.17) is 4.52 Å². The molecule has 0 unspecified atom stereocenters. The Labute approximate surface area is 89.2 Å². The summed E-state index contributed by atoms with van der Waals surface area (Å²) < 4.78 is 4.93. The molecular formula is C10H17N3O2. The summed E-state index contributed by atoms with van der Waals surface area (Å²) in [5, 5.41) is 9.25. The third kappa shape index (κ3) is 3.27. The Morgan fingerprint density at radius 1 is 1.33 bits per heavy atom. The number of anilines is 1. The first kappa shape index (κ1) is 11.6. The molecule has 1 aromatic rings. The highest BCUT2D eigenvalue weighted by molar-refractivity contribution is 5.90. The molecule has 1 heterocycles. The van der Waals surface area contributed by atoms with Gasteiger partial charge in [-0.05, 0) is 34.6 Å². The summed E-state index contributed by atoms with van der Waals surface area (Å²) >= 11 is 0. The quantitative estimate of drug-likeness (QED) is 0.748. The van der Waals surface area contributed by atoms with E-state index in [0.717, 1.165) is 0 Å². The number of amides is 2. The van der Waals surface area contributed by atoms with Gasteiger partial charge in [-0.3, -0.25) is 0 Å². The van der Waals surface area contributed by atoms with Crippen molar-refractivity contribution in [1.82, 2.24) is 10.5 Å². The second kappa shape index (κ2) is 3.92. The Kier molecular flexibility index (Phi) is 3.02. The zero-order chi connectivity index (χ0) is 11.6. The van der Waals surface area contributed by atoms with Crippen LogP contribution in [0, 0.1) is 13.8 Å². The third-order valence-corrected chi connectivity index (χ3v) is 1.76. The molecular weight excluding hydrogens is 194 g/mol. The Morgan fingerprint density at radius 3 is 2.33 bits per heavy atom. The van der Waals surface area contributed by atoms with Gasteiger partial charge in [0.05, 0.1) is 0 Å². The van der Waals surface area contributed by atoms with E-state index in [1.165, 1.54) is 0 Å². The van der Waals surface area contributed by atoms with Crippen molar-refractivity contribution < 1.29 is 9.32 Å². The van der Waals surface area contributed by atoms with Crippen LogP contribution in [0.4, 0.5) is 10.5 Å². The number of aromatic nitrogens is 1.